The predicted octanol–water partition coefficient (Wildman–Crippen LogP) is 3.63. The highest BCUT2D eigenvalue weighted by Gasteiger charge is 1.97. The highest BCUT2D eigenvalue weighted by atomic mass is 32.2. The van der Waals surface area contributed by atoms with Crippen LogP contribution in [0.2, 0.25) is 0 Å². The fourth-order valence-electron chi connectivity index (χ4n) is 1.68. The first-order valence-electron chi connectivity index (χ1n) is 6.16. The molecule has 0 saturated carbocycles. The van der Waals surface area contributed by atoms with Gasteiger partial charge in [0.2, 0.25) is 0 Å². The summed E-state index contributed by atoms with van der Waals surface area (Å²) in [6.07, 6.45) is 0. The molecule has 0 fully saturated rings. The van der Waals surface area contributed by atoms with E-state index in [1.165, 1.54) is 16.0 Å². The monoisotopic (exact) mass is 268 g/mol. The lowest BCUT2D eigenvalue weighted by Crippen LogP contribution is -1.83. The molecule has 1 nitrogen and oxygen atoms in total. The lowest BCUT2D eigenvalue weighted by atomic mass is 10.1. The molecule has 2 heteroatoms. The summed E-state index contributed by atoms with van der Waals surface area (Å²) in [5.74, 6) is 6.53. The standard InChI is InChI=1S/C17H16OS/c1-14-7-9-17(10-8-14)19-13-16-5-2-4-15(12-16)6-3-11-18/h2,4-5,7-10,12,18H,11,13H2,1H3. The van der Waals surface area contributed by atoms with E-state index in [0.717, 1.165) is 11.3 Å². The number of hydrogen-bond acceptors (Lipinski definition) is 2. The molecule has 0 aliphatic heterocycles. The summed E-state index contributed by atoms with van der Waals surface area (Å²) in [4.78, 5) is 1.28. The third kappa shape index (κ3) is 4.48. The zero-order chi connectivity index (χ0) is 13.5. The van der Waals surface area contributed by atoms with Gasteiger partial charge in [0.25, 0.3) is 0 Å². The van der Waals surface area contributed by atoms with Crippen LogP contribution >= 0.6 is 11.8 Å². The maximum Gasteiger partial charge on any atom is 0.104 e. The molecule has 0 aliphatic rings. The molecular weight excluding hydrogens is 252 g/mol. The molecule has 0 heterocycles. The Labute approximate surface area is 118 Å². The van der Waals surface area contributed by atoms with Gasteiger partial charge in [-0.2, -0.15) is 0 Å². The minimum Gasteiger partial charge on any atom is -0.384 e. The van der Waals surface area contributed by atoms with Gasteiger partial charge in [-0.05, 0) is 36.8 Å². The van der Waals surface area contributed by atoms with Crippen molar-refractivity contribution in [1.82, 2.24) is 0 Å². The number of aryl methyl sites for hydroxylation is 1. The first-order valence-corrected chi connectivity index (χ1v) is 7.14. The number of hydrogen-bond donors (Lipinski definition) is 1. The normalized spacial score (nSPS) is 9.79. The molecule has 1 N–H and O–H groups in total. The second-order valence-corrected chi connectivity index (χ2v) is 5.31. The van der Waals surface area contributed by atoms with Gasteiger partial charge in [0, 0.05) is 16.2 Å². The van der Waals surface area contributed by atoms with Crippen LogP contribution in [0.25, 0.3) is 0 Å². The summed E-state index contributed by atoms with van der Waals surface area (Å²) < 4.78 is 0. The van der Waals surface area contributed by atoms with Crippen molar-refractivity contribution in [3.63, 3.8) is 0 Å². The Hall–Kier alpha value is -1.69. The van der Waals surface area contributed by atoms with Crippen LogP contribution in [0.1, 0.15) is 16.7 Å². The highest BCUT2D eigenvalue weighted by molar-refractivity contribution is 7.98. The molecule has 0 spiro atoms. The second kappa shape index (κ2) is 7.04. The Morgan fingerprint density at radius 2 is 1.89 bits per heavy atom. The molecule has 0 amide bonds. The van der Waals surface area contributed by atoms with Gasteiger partial charge in [-0.15, -0.1) is 11.8 Å². The molecule has 0 bridgehead atoms. The molecule has 2 rings (SSSR count). The maximum atomic E-state index is 8.69. The van der Waals surface area contributed by atoms with Crippen LogP contribution in [0.15, 0.2) is 53.4 Å². The quantitative estimate of drug-likeness (QED) is 0.677. The third-order valence-electron chi connectivity index (χ3n) is 2.67. The molecule has 0 unspecified atom stereocenters. The molecule has 0 saturated heterocycles. The first-order chi connectivity index (χ1) is 9.28. The number of aliphatic hydroxyl groups is 1. The van der Waals surface area contributed by atoms with Crippen LogP contribution in [0, 0.1) is 18.8 Å². The lowest BCUT2D eigenvalue weighted by Gasteiger charge is -2.03. The number of rotatable bonds is 3. The van der Waals surface area contributed by atoms with Crippen molar-refractivity contribution in [2.75, 3.05) is 6.61 Å². The van der Waals surface area contributed by atoms with Gasteiger partial charge in [0.15, 0.2) is 0 Å². The fourth-order valence-corrected chi connectivity index (χ4v) is 2.52. The minimum absolute atomic E-state index is 0.0949. The Morgan fingerprint density at radius 3 is 2.63 bits per heavy atom. The van der Waals surface area contributed by atoms with Gasteiger partial charge >= 0.3 is 0 Å². The van der Waals surface area contributed by atoms with E-state index >= 15 is 0 Å². The Balaban J connectivity index is 2.01. The summed E-state index contributed by atoms with van der Waals surface area (Å²) in [6, 6.07) is 16.7. The van der Waals surface area contributed by atoms with Crippen molar-refractivity contribution < 1.29 is 5.11 Å². The predicted molar refractivity (Wildman–Crippen MR) is 81.1 cm³/mol. The number of benzene rings is 2. The van der Waals surface area contributed by atoms with E-state index in [4.69, 9.17) is 5.11 Å². The van der Waals surface area contributed by atoms with Crippen molar-refractivity contribution in [3.05, 3.63) is 65.2 Å². The third-order valence-corrected chi connectivity index (χ3v) is 3.75. The van der Waals surface area contributed by atoms with Gasteiger partial charge in [0.05, 0.1) is 0 Å². The van der Waals surface area contributed by atoms with E-state index in [-0.39, 0.29) is 6.61 Å². The van der Waals surface area contributed by atoms with Crippen molar-refractivity contribution in [2.24, 2.45) is 0 Å². The topological polar surface area (TPSA) is 20.2 Å². The van der Waals surface area contributed by atoms with E-state index in [9.17, 15) is 0 Å². The molecule has 19 heavy (non-hydrogen) atoms. The number of aliphatic hydroxyl groups excluding tert-OH is 1. The van der Waals surface area contributed by atoms with E-state index < -0.39 is 0 Å². The zero-order valence-corrected chi connectivity index (χ0v) is 11.7. The van der Waals surface area contributed by atoms with E-state index in [1.807, 2.05) is 23.9 Å². The second-order valence-electron chi connectivity index (χ2n) is 4.26. The van der Waals surface area contributed by atoms with Crippen LogP contribution in [0.3, 0.4) is 0 Å². The molecule has 96 valence electrons. The smallest absolute Gasteiger partial charge is 0.104 e. The van der Waals surface area contributed by atoms with Crippen LogP contribution in [0.4, 0.5) is 0 Å². The molecule has 0 aromatic heterocycles. The average Bonchev–Trinajstić information content (AvgIpc) is 2.45. The van der Waals surface area contributed by atoms with E-state index in [0.29, 0.717) is 0 Å². The average molecular weight is 268 g/mol. The molecule has 0 atom stereocenters. The molecule has 2 aromatic carbocycles. The molecular formula is C17H16OS. The zero-order valence-electron chi connectivity index (χ0n) is 10.9. The van der Waals surface area contributed by atoms with Gasteiger partial charge in [-0.3, -0.25) is 0 Å². The summed E-state index contributed by atoms with van der Waals surface area (Å²) in [7, 11) is 0. The number of thioether (sulfide) groups is 1. The first kappa shape index (κ1) is 13.7. The largest absolute Gasteiger partial charge is 0.384 e. The summed E-state index contributed by atoms with van der Waals surface area (Å²) >= 11 is 1.82. The summed E-state index contributed by atoms with van der Waals surface area (Å²) in [5, 5.41) is 8.69. The SMILES string of the molecule is Cc1ccc(SCc2cccc(C#CCO)c2)cc1. The minimum atomic E-state index is -0.0949. The highest BCUT2D eigenvalue weighted by Crippen LogP contribution is 2.23. The van der Waals surface area contributed by atoms with Crippen LogP contribution < -0.4 is 0 Å². The molecule has 2 aromatic rings. The van der Waals surface area contributed by atoms with Crippen LogP contribution in [0.5, 0.6) is 0 Å². The van der Waals surface area contributed by atoms with Crippen molar-refractivity contribution in [3.8, 4) is 11.8 Å². The molecule has 0 aliphatic carbocycles. The Morgan fingerprint density at radius 1 is 1.11 bits per heavy atom. The summed E-state index contributed by atoms with van der Waals surface area (Å²) in [5.41, 5.74) is 3.48. The van der Waals surface area contributed by atoms with Crippen molar-refractivity contribution in [1.29, 1.82) is 0 Å². The van der Waals surface area contributed by atoms with Crippen LogP contribution in [-0.4, -0.2) is 11.7 Å². The van der Waals surface area contributed by atoms with Gasteiger partial charge in [0.1, 0.15) is 6.61 Å². The van der Waals surface area contributed by atoms with E-state index in [1.54, 1.807) is 0 Å². The van der Waals surface area contributed by atoms with Gasteiger partial charge in [-0.25, -0.2) is 0 Å². The van der Waals surface area contributed by atoms with E-state index in [2.05, 4.69) is 55.2 Å². The lowest BCUT2D eigenvalue weighted by molar-refractivity contribution is 0.350. The van der Waals surface area contributed by atoms with Gasteiger partial charge < -0.3 is 5.11 Å². The van der Waals surface area contributed by atoms with Crippen LogP contribution in [-0.2, 0) is 5.75 Å². The molecule has 0 radical (unpaired) electrons. The summed E-state index contributed by atoms with van der Waals surface area (Å²) in [6.45, 7) is 2.00. The van der Waals surface area contributed by atoms with Gasteiger partial charge in [-0.1, -0.05) is 41.7 Å². The maximum absolute atomic E-state index is 8.69. The van der Waals surface area contributed by atoms with Crippen molar-refractivity contribution in [2.45, 2.75) is 17.6 Å². The van der Waals surface area contributed by atoms with Crippen molar-refractivity contribution >= 4 is 11.8 Å². The fraction of sp³-hybridized carbons (Fsp3) is 0.176. The Kier molecular flexibility index (Phi) is 5.09. The Bertz CT molecular complexity index is 591.